The minimum atomic E-state index is -0.855. The Balaban J connectivity index is 1.95. The molecule has 1 unspecified atom stereocenters. The lowest BCUT2D eigenvalue weighted by atomic mass is 9.95. The van der Waals surface area contributed by atoms with Gasteiger partial charge in [-0.15, -0.1) is 11.3 Å². The number of nitrogens with one attached hydrogen (secondary N) is 1. The number of nitrogens with zero attached hydrogens (tertiary/aromatic N) is 1. The van der Waals surface area contributed by atoms with E-state index in [1.807, 2.05) is 13.8 Å². The average molecular weight is 296 g/mol. The van der Waals surface area contributed by atoms with Gasteiger partial charge in [-0.2, -0.15) is 0 Å². The van der Waals surface area contributed by atoms with E-state index in [0.29, 0.717) is 25.3 Å². The Morgan fingerprint density at radius 2 is 2.15 bits per heavy atom. The first-order valence-electron chi connectivity index (χ1n) is 6.93. The molecule has 1 aromatic rings. The van der Waals surface area contributed by atoms with Gasteiger partial charge in [0.25, 0.3) is 0 Å². The monoisotopic (exact) mass is 296 g/mol. The number of aryl methyl sites for hydroxylation is 1. The Bertz CT molecular complexity index is 500. The van der Waals surface area contributed by atoms with Crippen LogP contribution < -0.4 is 5.32 Å². The summed E-state index contributed by atoms with van der Waals surface area (Å²) in [7, 11) is 0. The summed E-state index contributed by atoms with van der Waals surface area (Å²) in [6.45, 7) is 4.39. The van der Waals surface area contributed by atoms with Crippen molar-refractivity contribution in [2.24, 2.45) is 17.8 Å². The SMILES string of the molecule is CCC1C[C@H](C(=O)NCc2ncc(C)s2)[C@H](C(=O)O)C1. The van der Waals surface area contributed by atoms with Gasteiger partial charge in [-0.05, 0) is 25.7 Å². The summed E-state index contributed by atoms with van der Waals surface area (Å²) in [5.74, 6) is -1.61. The number of carbonyl (C=O) groups is 2. The molecule has 0 aromatic carbocycles. The topological polar surface area (TPSA) is 79.3 Å². The minimum Gasteiger partial charge on any atom is -0.481 e. The molecule has 20 heavy (non-hydrogen) atoms. The standard InChI is InChI=1S/C14H20N2O3S/c1-3-9-4-10(11(5-9)14(18)19)13(17)16-7-12-15-6-8(2)20-12/h6,9-11H,3-5,7H2,1-2H3,(H,16,17)(H,18,19)/t9?,10-,11+/m0/s1. The van der Waals surface area contributed by atoms with Gasteiger partial charge in [-0.25, -0.2) is 4.98 Å². The molecule has 1 amide bonds. The van der Waals surface area contributed by atoms with Gasteiger partial charge in [-0.1, -0.05) is 13.3 Å². The number of carboxylic acids is 1. The van der Waals surface area contributed by atoms with Crippen molar-refractivity contribution in [2.75, 3.05) is 0 Å². The van der Waals surface area contributed by atoms with Crippen LogP contribution in [-0.2, 0) is 16.1 Å². The number of hydrogen-bond donors (Lipinski definition) is 2. The fourth-order valence-electron chi connectivity index (χ4n) is 2.82. The highest BCUT2D eigenvalue weighted by Gasteiger charge is 2.41. The van der Waals surface area contributed by atoms with E-state index in [1.54, 1.807) is 17.5 Å². The molecule has 6 heteroatoms. The first kappa shape index (κ1) is 15.0. The zero-order valence-electron chi connectivity index (χ0n) is 11.8. The normalized spacial score (nSPS) is 25.6. The summed E-state index contributed by atoms with van der Waals surface area (Å²) < 4.78 is 0. The summed E-state index contributed by atoms with van der Waals surface area (Å²) in [5.41, 5.74) is 0. The predicted octanol–water partition coefficient (Wildman–Crippen LogP) is 2.20. The molecule has 5 nitrogen and oxygen atoms in total. The van der Waals surface area contributed by atoms with Gasteiger partial charge in [0.1, 0.15) is 5.01 Å². The van der Waals surface area contributed by atoms with Crippen molar-refractivity contribution in [3.05, 3.63) is 16.1 Å². The van der Waals surface area contributed by atoms with Crippen molar-refractivity contribution in [2.45, 2.75) is 39.7 Å². The number of rotatable bonds is 5. The highest BCUT2D eigenvalue weighted by Crippen LogP contribution is 2.38. The molecular formula is C14H20N2O3S. The molecule has 1 aliphatic carbocycles. The highest BCUT2D eigenvalue weighted by atomic mass is 32.1. The number of hydrogen-bond acceptors (Lipinski definition) is 4. The van der Waals surface area contributed by atoms with Crippen molar-refractivity contribution in [3.63, 3.8) is 0 Å². The van der Waals surface area contributed by atoms with E-state index in [0.717, 1.165) is 16.3 Å². The van der Waals surface area contributed by atoms with E-state index in [2.05, 4.69) is 10.3 Å². The Morgan fingerprint density at radius 1 is 1.45 bits per heavy atom. The Morgan fingerprint density at radius 3 is 2.70 bits per heavy atom. The van der Waals surface area contributed by atoms with Crippen LogP contribution in [-0.4, -0.2) is 22.0 Å². The lowest BCUT2D eigenvalue weighted by molar-refractivity contribution is -0.146. The number of carbonyl (C=O) groups excluding carboxylic acids is 1. The average Bonchev–Trinajstić information content (AvgIpc) is 3.02. The molecule has 1 fully saturated rings. The van der Waals surface area contributed by atoms with E-state index < -0.39 is 17.8 Å². The van der Waals surface area contributed by atoms with E-state index in [4.69, 9.17) is 0 Å². The van der Waals surface area contributed by atoms with Gasteiger partial charge in [0, 0.05) is 11.1 Å². The Kier molecular flexibility index (Phi) is 4.75. The lowest BCUT2D eigenvalue weighted by Crippen LogP contribution is -2.34. The van der Waals surface area contributed by atoms with Crippen LogP contribution in [0.1, 0.15) is 36.1 Å². The van der Waals surface area contributed by atoms with Crippen LogP contribution in [0.5, 0.6) is 0 Å². The van der Waals surface area contributed by atoms with Gasteiger partial charge >= 0.3 is 5.97 Å². The van der Waals surface area contributed by atoms with Gasteiger partial charge in [-0.3, -0.25) is 9.59 Å². The second-order valence-electron chi connectivity index (χ2n) is 5.38. The molecule has 1 aliphatic rings. The van der Waals surface area contributed by atoms with Gasteiger partial charge < -0.3 is 10.4 Å². The zero-order chi connectivity index (χ0) is 14.7. The van der Waals surface area contributed by atoms with Crippen molar-refractivity contribution < 1.29 is 14.7 Å². The fraction of sp³-hybridized carbons (Fsp3) is 0.643. The molecular weight excluding hydrogens is 276 g/mol. The van der Waals surface area contributed by atoms with Crippen LogP contribution in [0.2, 0.25) is 0 Å². The zero-order valence-corrected chi connectivity index (χ0v) is 12.6. The summed E-state index contributed by atoms with van der Waals surface area (Å²) in [6, 6.07) is 0. The van der Waals surface area contributed by atoms with E-state index in [-0.39, 0.29) is 5.91 Å². The van der Waals surface area contributed by atoms with E-state index >= 15 is 0 Å². The molecule has 0 spiro atoms. The first-order chi connectivity index (χ1) is 9.51. The van der Waals surface area contributed by atoms with E-state index in [1.165, 1.54) is 0 Å². The summed E-state index contributed by atoms with van der Waals surface area (Å²) >= 11 is 1.54. The molecule has 2 N–H and O–H groups in total. The van der Waals surface area contributed by atoms with Crippen molar-refractivity contribution in [1.82, 2.24) is 10.3 Å². The summed E-state index contributed by atoms with van der Waals surface area (Å²) in [5, 5.41) is 12.9. The summed E-state index contributed by atoms with van der Waals surface area (Å²) in [6.07, 6.45) is 3.99. The lowest BCUT2D eigenvalue weighted by Gasteiger charge is -2.14. The molecule has 2 rings (SSSR count). The minimum absolute atomic E-state index is 0.152. The Labute approximate surface area is 122 Å². The molecule has 0 bridgehead atoms. The number of aliphatic carboxylic acids is 1. The van der Waals surface area contributed by atoms with Crippen LogP contribution >= 0.6 is 11.3 Å². The fourth-order valence-corrected chi connectivity index (χ4v) is 3.54. The third kappa shape index (κ3) is 3.36. The Hall–Kier alpha value is -1.43. The van der Waals surface area contributed by atoms with Crippen molar-refractivity contribution in [3.8, 4) is 0 Å². The third-order valence-electron chi connectivity index (χ3n) is 3.97. The van der Waals surface area contributed by atoms with Crippen LogP contribution in [0.4, 0.5) is 0 Å². The van der Waals surface area contributed by atoms with Gasteiger partial charge in [0.05, 0.1) is 18.4 Å². The second kappa shape index (κ2) is 6.35. The van der Waals surface area contributed by atoms with E-state index in [9.17, 15) is 14.7 Å². The molecule has 3 atom stereocenters. The molecule has 0 radical (unpaired) electrons. The third-order valence-corrected chi connectivity index (χ3v) is 4.89. The highest BCUT2D eigenvalue weighted by molar-refractivity contribution is 7.11. The maximum atomic E-state index is 12.2. The van der Waals surface area contributed by atoms with Crippen LogP contribution in [0.15, 0.2) is 6.20 Å². The largest absolute Gasteiger partial charge is 0.481 e. The molecule has 1 aromatic heterocycles. The predicted molar refractivity (Wildman–Crippen MR) is 76.3 cm³/mol. The van der Waals surface area contributed by atoms with Crippen LogP contribution in [0.3, 0.4) is 0 Å². The quantitative estimate of drug-likeness (QED) is 0.873. The second-order valence-corrected chi connectivity index (χ2v) is 6.70. The first-order valence-corrected chi connectivity index (χ1v) is 7.74. The number of thiazole rings is 1. The summed E-state index contributed by atoms with van der Waals surface area (Å²) in [4.78, 5) is 28.8. The molecule has 0 aliphatic heterocycles. The maximum absolute atomic E-state index is 12.2. The molecule has 0 saturated heterocycles. The number of carboxylic acid groups (broad SMARTS) is 1. The van der Waals surface area contributed by atoms with Crippen molar-refractivity contribution in [1.29, 1.82) is 0 Å². The van der Waals surface area contributed by atoms with Gasteiger partial charge in [0.15, 0.2) is 0 Å². The van der Waals surface area contributed by atoms with Gasteiger partial charge in [0.2, 0.25) is 5.91 Å². The van der Waals surface area contributed by atoms with Crippen LogP contribution in [0.25, 0.3) is 0 Å². The number of amides is 1. The van der Waals surface area contributed by atoms with Crippen molar-refractivity contribution >= 4 is 23.2 Å². The molecule has 1 heterocycles. The van der Waals surface area contributed by atoms with Crippen LogP contribution in [0, 0.1) is 24.7 Å². The number of aromatic nitrogens is 1. The molecule has 1 saturated carbocycles. The molecule has 110 valence electrons. The smallest absolute Gasteiger partial charge is 0.307 e. The maximum Gasteiger partial charge on any atom is 0.307 e.